The quantitative estimate of drug-likeness (QED) is 0.776. The lowest BCUT2D eigenvalue weighted by molar-refractivity contribution is -0.122. The highest BCUT2D eigenvalue weighted by molar-refractivity contribution is 9.10. The van der Waals surface area contributed by atoms with Crippen LogP contribution in [0.3, 0.4) is 0 Å². The van der Waals surface area contributed by atoms with Crippen LogP contribution < -0.4 is 16.2 Å². The van der Waals surface area contributed by atoms with Crippen molar-refractivity contribution in [1.29, 1.82) is 0 Å². The molecule has 1 aromatic carbocycles. The van der Waals surface area contributed by atoms with Gasteiger partial charge in [-0.1, -0.05) is 34.1 Å². The molecule has 0 saturated carbocycles. The van der Waals surface area contributed by atoms with Gasteiger partial charge in [0.05, 0.1) is 0 Å². The Morgan fingerprint density at radius 2 is 2.29 bits per heavy atom. The molecule has 2 rings (SSSR count). The van der Waals surface area contributed by atoms with E-state index in [-0.39, 0.29) is 11.9 Å². The first kappa shape index (κ1) is 12.5. The first-order valence-electron chi connectivity index (χ1n) is 5.77. The molecule has 1 aliphatic rings. The maximum Gasteiger partial charge on any atom is 0.238 e. The molecule has 0 spiro atoms. The molecule has 1 unspecified atom stereocenters. The predicted molar refractivity (Wildman–Crippen MR) is 70.4 cm³/mol. The van der Waals surface area contributed by atoms with Crippen molar-refractivity contribution >= 4 is 21.8 Å². The summed E-state index contributed by atoms with van der Waals surface area (Å²) in [6, 6.07) is 7.98. The van der Waals surface area contributed by atoms with Gasteiger partial charge >= 0.3 is 0 Å². The summed E-state index contributed by atoms with van der Waals surface area (Å²) in [6.45, 7) is 1.52. The number of nitrogens with one attached hydrogen (secondary N) is 3. The molecule has 92 valence electrons. The van der Waals surface area contributed by atoms with Crippen LogP contribution in [-0.2, 0) is 11.2 Å². The normalized spacial score (nSPS) is 19.2. The van der Waals surface area contributed by atoms with Crippen molar-refractivity contribution in [1.82, 2.24) is 16.2 Å². The van der Waals surface area contributed by atoms with Crippen LogP contribution >= 0.6 is 15.9 Å². The zero-order valence-electron chi connectivity index (χ0n) is 9.50. The van der Waals surface area contributed by atoms with Gasteiger partial charge in [-0.25, -0.2) is 5.43 Å². The Hall–Kier alpha value is -0.910. The van der Waals surface area contributed by atoms with Gasteiger partial charge in [0.2, 0.25) is 5.91 Å². The summed E-state index contributed by atoms with van der Waals surface area (Å²) in [5.74, 6) is 0.0713. The van der Waals surface area contributed by atoms with Crippen LogP contribution in [0.1, 0.15) is 12.0 Å². The molecule has 1 amide bonds. The van der Waals surface area contributed by atoms with Gasteiger partial charge in [0.25, 0.3) is 0 Å². The summed E-state index contributed by atoms with van der Waals surface area (Å²) in [7, 11) is 0. The monoisotopic (exact) mass is 297 g/mol. The fourth-order valence-electron chi connectivity index (χ4n) is 1.83. The second-order valence-electron chi connectivity index (χ2n) is 4.04. The summed E-state index contributed by atoms with van der Waals surface area (Å²) >= 11 is 3.49. The number of rotatable bonds is 4. The molecule has 0 bridgehead atoms. The van der Waals surface area contributed by atoms with E-state index in [9.17, 15) is 4.79 Å². The maximum atomic E-state index is 11.7. The Labute approximate surface area is 109 Å². The van der Waals surface area contributed by atoms with Crippen molar-refractivity contribution in [2.75, 3.05) is 13.1 Å². The number of carbonyl (C=O) groups excluding carboxylic acids is 1. The second kappa shape index (κ2) is 6.14. The molecular formula is C12H16BrN3O. The molecule has 0 aromatic heterocycles. The van der Waals surface area contributed by atoms with Crippen LogP contribution in [0.25, 0.3) is 0 Å². The predicted octanol–water partition coefficient (Wildman–Crippen LogP) is 0.974. The van der Waals surface area contributed by atoms with E-state index < -0.39 is 0 Å². The molecule has 3 N–H and O–H groups in total. The van der Waals surface area contributed by atoms with Gasteiger partial charge in [-0.2, -0.15) is 0 Å². The van der Waals surface area contributed by atoms with E-state index >= 15 is 0 Å². The third-order valence-corrected chi connectivity index (χ3v) is 3.58. The smallest absolute Gasteiger partial charge is 0.238 e. The third-order valence-electron chi connectivity index (χ3n) is 2.80. The van der Waals surface area contributed by atoms with Crippen LogP contribution in [0, 0.1) is 0 Å². The van der Waals surface area contributed by atoms with Gasteiger partial charge in [-0.3, -0.25) is 10.2 Å². The summed E-state index contributed by atoms with van der Waals surface area (Å²) in [6.07, 6.45) is 1.69. The SMILES string of the molecule is O=C(NCCc1ccccc1Br)C1CCNN1. The first-order chi connectivity index (χ1) is 8.27. The minimum absolute atomic E-state index is 0.0713. The van der Waals surface area contributed by atoms with Gasteiger partial charge in [-0.15, -0.1) is 0 Å². The summed E-state index contributed by atoms with van der Waals surface area (Å²) < 4.78 is 1.09. The summed E-state index contributed by atoms with van der Waals surface area (Å²) in [5, 5.41) is 2.94. The van der Waals surface area contributed by atoms with Crippen molar-refractivity contribution in [2.24, 2.45) is 0 Å². The summed E-state index contributed by atoms with van der Waals surface area (Å²) in [4.78, 5) is 11.7. The van der Waals surface area contributed by atoms with Crippen LogP contribution in [0.5, 0.6) is 0 Å². The van der Waals surface area contributed by atoms with Crippen LogP contribution in [-0.4, -0.2) is 25.0 Å². The second-order valence-corrected chi connectivity index (χ2v) is 4.90. The van der Waals surface area contributed by atoms with E-state index in [0.29, 0.717) is 6.54 Å². The first-order valence-corrected chi connectivity index (χ1v) is 6.56. The van der Waals surface area contributed by atoms with E-state index in [4.69, 9.17) is 0 Å². The number of amides is 1. The lowest BCUT2D eigenvalue weighted by Gasteiger charge is -2.10. The van der Waals surface area contributed by atoms with Gasteiger partial charge in [0.15, 0.2) is 0 Å². The van der Waals surface area contributed by atoms with Crippen molar-refractivity contribution in [3.63, 3.8) is 0 Å². The number of hydrogen-bond donors (Lipinski definition) is 3. The molecule has 5 heteroatoms. The molecule has 17 heavy (non-hydrogen) atoms. The molecule has 1 atom stereocenters. The highest BCUT2D eigenvalue weighted by Crippen LogP contribution is 2.15. The standard InChI is InChI=1S/C12H16BrN3O/c13-10-4-2-1-3-9(10)5-7-14-12(17)11-6-8-15-16-11/h1-4,11,15-16H,5-8H2,(H,14,17). The highest BCUT2D eigenvalue weighted by atomic mass is 79.9. The molecule has 1 fully saturated rings. The Kier molecular flexibility index (Phi) is 4.53. The van der Waals surface area contributed by atoms with Gasteiger partial charge in [-0.05, 0) is 24.5 Å². The Balaban J connectivity index is 1.76. The number of hydrogen-bond acceptors (Lipinski definition) is 3. The van der Waals surface area contributed by atoms with Crippen molar-refractivity contribution < 1.29 is 4.79 Å². The van der Waals surface area contributed by atoms with Crippen LogP contribution in [0.2, 0.25) is 0 Å². The molecule has 1 heterocycles. The van der Waals surface area contributed by atoms with E-state index in [2.05, 4.69) is 38.2 Å². The largest absolute Gasteiger partial charge is 0.354 e. The van der Waals surface area contributed by atoms with E-state index in [1.807, 2.05) is 18.2 Å². The molecule has 0 radical (unpaired) electrons. The topological polar surface area (TPSA) is 53.2 Å². The number of halogens is 1. The van der Waals surface area contributed by atoms with Crippen LogP contribution in [0.15, 0.2) is 28.7 Å². The molecule has 0 aliphatic carbocycles. The molecular weight excluding hydrogens is 282 g/mol. The van der Waals surface area contributed by atoms with Gasteiger partial charge < -0.3 is 5.32 Å². The highest BCUT2D eigenvalue weighted by Gasteiger charge is 2.21. The number of carbonyl (C=O) groups is 1. The van der Waals surface area contributed by atoms with Crippen LogP contribution in [0.4, 0.5) is 0 Å². The molecule has 4 nitrogen and oxygen atoms in total. The maximum absolute atomic E-state index is 11.7. The zero-order chi connectivity index (χ0) is 12.1. The van der Waals surface area contributed by atoms with Gasteiger partial charge in [0, 0.05) is 17.6 Å². The Bertz CT molecular complexity index is 391. The average molecular weight is 298 g/mol. The fraction of sp³-hybridized carbons (Fsp3) is 0.417. The minimum Gasteiger partial charge on any atom is -0.354 e. The Morgan fingerprint density at radius 1 is 1.47 bits per heavy atom. The Morgan fingerprint density at radius 3 is 3.00 bits per heavy atom. The van der Waals surface area contributed by atoms with Crippen molar-refractivity contribution in [3.8, 4) is 0 Å². The lowest BCUT2D eigenvalue weighted by atomic mass is 10.1. The molecule has 1 saturated heterocycles. The van der Waals surface area contributed by atoms with E-state index in [1.54, 1.807) is 0 Å². The zero-order valence-corrected chi connectivity index (χ0v) is 11.1. The fourth-order valence-corrected chi connectivity index (χ4v) is 2.31. The minimum atomic E-state index is -0.0887. The number of hydrazine groups is 1. The summed E-state index contributed by atoms with van der Waals surface area (Å²) in [5.41, 5.74) is 7.11. The number of benzene rings is 1. The molecule has 1 aromatic rings. The third kappa shape index (κ3) is 3.52. The van der Waals surface area contributed by atoms with E-state index in [1.165, 1.54) is 5.56 Å². The van der Waals surface area contributed by atoms with Crippen molar-refractivity contribution in [3.05, 3.63) is 34.3 Å². The van der Waals surface area contributed by atoms with Crippen molar-refractivity contribution in [2.45, 2.75) is 18.9 Å². The molecule has 1 aliphatic heterocycles. The van der Waals surface area contributed by atoms with Gasteiger partial charge in [0.1, 0.15) is 6.04 Å². The van der Waals surface area contributed by atoms with E-state index in [0.717, 1.165) is 23.9 Å². The lowest BCUT2D eigenvalue weighted by Crippen LogP contribution is -2.43. The average Bonchev–Trinajstić information content (AvgIpc) is 2.85.